The fourth-order valence-electron chi connectivity index (χ4n) is 11.2. The van der Waals surface area contributed by atoms with Crippen LogP contribution in [0.25, 0.3) is 0 Å². The molecule has 4 atom stereocenters. The monoisotopic (exact) mass is 1210 g/mol. The number of Topliss-reactive ketones (excluding diaryl/α,β-unsaturated/α-hetero) is 1. The van der Waals surface area contributed by atoms with Crippen LogP contribution in [-0.4, -0.2) is 78.8 Å². The number of ether oxygens (including phenoxy) is 4. The van der Waals surface area contributed by atoms with Gasteiger partial charge in [-0.15, -0.1) is 0 Å². The first kappa shape index (κ1) is 75.7. The number of carbonyl (C=O) groups is 3. The maximum absolute atomic E-state index is 14.0. The number of amides is 1. The van der Waals surface area contributed by atoms with Crippen LogP contribution in [0.15, 0.2) is 35.3 Å². The lowest BCUT2D eigenvalue weighted by Gasteiger charge is -2.40. The molecule has 0 spiro atoms. The van der Waals surface area contributed by atoms with Gasteiger partial charge in [-0.25, -0.2) is 4.79 Å². The predicted molar refractivity (Wildman–Crippen MR) is 353 cm³/mol. The van der Waals surface area contributed by atoms with Crippen LogP contribution < -0.4 is 20.5 Å². The van der Waals surface area contributed by atoms with Gasteiger partial charge in [0.15, 0.2) is 20.6 Å². The van der Waals surface area contributed by atoms with Crippen LogP contribution >= 0.6 is 0 Å². The van der Waals surface area contributed by atoms with E-state index in [4.69, 9.17) is 23.4 Å². The first-order valence-electron chi connectivity index (χ1n) is 35.0. The number of aliphatic hydroxyl groups excluding tert-OH is 1. The van der Waals surface area contributed by atoms with Crippen molar-refractivity contribution in [1.29, 1.82) is 0 Å². The number of benzene rings is 1. The van der Waals surface area contributed by atoms with Gasteiger partial charge >= 0.3 is 11.7 Å². The molecule has 1 aromatic carbocycles. The average Bonchev–Trinajstić information content (AvgIpc) is 2.05. The van der Waals surface area contributed by atoms with Gasteiger partial charge in [0, 0.05) is 24.2 Å². The van der Waals surface area contributed by atoms with E-state index in [9.17, 15) is 24.3 Å². The minimum Gasteiger partial charge on any atom is -0.493 e. The molecule has 14 heteroatoms. The average molecular weight is 1210 g/mol. The molecule has 0 bridgehead atoms. The van der Waals surface area contributed by atoms with Crippen molar-refractivity contribution in [3.8, 4) is 11.5 Å². The molecule has 488 valence electrons. The number of aliphatic hydroxyl groups is 1. The van der Waals surface area contributed by atoms with Crippen LogP contribution in [0.1, 0.15) is 328 Å². The summed E-state index contributed by atoms with van der Waals surface area (Å²) in [5, 5.41) is 13.0. The zero-order valence-corrected chi connectivity index (χ0v) is 56.5. The second-order valence-electron chi connectivity index (χ2n) is 26.5. The van der Waals surface area contributed by atoms with Crippen molar-refractivity contribution in [3.63, 3.8) is 0 Å². The highest BCUT2D eigenvalue weighted by molar-refractivity contribution is 6.74. The Bertz CT molecular complexity index is 2040. The maximum atomic E-state index is 14.0. The summed E-state index contributed by atoms with van der Waals surface area (Å²) in [5.74, 6) is -0.143. The molecule has 0 aliphatic carbocycles. The molecule has 0 radical (unpaired) electrons. The smallest absolute Gasteiger partial charge is 0.351 e. The number of esters is 1. The minimum atomic E-state index is -2.60. The Kier molecular flexibility index (Phi) is 41.4. The van der Waals surface area contributed by atoms with Crippen LogP contribution in [0.2, 0.25) is 18.1 Å². The van der Waals surface area contributed by atoms with E-state index in [1.807, 2.05) is 19.2 Å². The molecule has 2 heterocycles. The lowest BCUT2D eigenvalue weighted by Crippen LogP contribution is -2.50. The topological polar surface area (TPSA) is 165 Å². The second kappa shape index (κ2) is 46.5. The van der Waals surface area contributed by atoms with Crippen molar-refractivity contribution < 1.29 is 42.9 Å². The van der Waals surface area contributed by atoms with E-state index in [0.717, 1.165) is 25.7 Å². The summed E-state index contributed by atoms with van der Waals surface area (Å²) >= 11 is 0. The third kappa shape index (κ3) is 34.1. The van der Waals surface area contributed by atoms with E-state index in [0.29, 0.717) is 30.3 Å². The van der Waals surface area contributed by atoms with Crippen molar-refractivity contribution in [1.82, 2.24) is 9.55 Å². The van der Waals surface area contributed by atoms with Gasteiger partial charge in [-0.1, -0.05) is 279 Å². The number of anilines is 1. The quantitative estimate of drug-likeness (QED) is 0.0368. The normalized spacial score (nSPS) is 16.2. The lowest BCUT2D eigenvalue weighted by atomic mass is 10.0. The van der Waals surface area contributed by atoms with Crippen LogP contribution in [0.3, 0.4) is 0 Å². The summed E-state index contributed by atoms with van der Waals surface area (Å²) in [5.41, 5.74) is -0.426. The third-order valence-electron chi connectivity index (χ3n) is 17.7. The van der Waals surface area contributed by atoms with E-state index in [2.05, 4.69) is 44.9 Å². The molecule has 2 N–H and O–H groups in total. The van der Waals surface area contributed by atoms with Gasteiger partial charge in [0.1, 0.15) is 35.3 Å². The summed E-state index contributed by atoms with van der Waals surface area (Å²) in [6.45, 7) is 16.8. The van der Waals surface area contributed by atoms with Gasteiger partial charge in [-0.05, 0) is 56.1 Å². The SMILES string of the molecule is CCCCCCCCCCCCCCCCCCCCCCOc1cc(OCCCCCCCCCCCCCCCCCCCCCC)cc(C(=O)Nc2ccn([C@@H]3O[C@H](CO)[C@@H](OC(=O)CCC(C)=O)[C@H]3O[Si](C)(C)C(C)(C)C)c(=O)n2)c1. The standard InChI is InChI=1S/C71H125N3O10Si/c1-9-11-13-15-17-19-21-23-25-27-29-31-33-35-37-39-41-43-45-47-53-80-61-55-60(56-62(57-61)81-54-48-46-44-42-40-38-36-34-32-30-28-26-24-22-20-18-16-14-12-10-2)68(78)72-64-51-52-74(70(79)73-64)69-67(84-85(7,8)71(4,5)6)66(63(58-75)82-69)83-65(77)50-49-59(3)76/h51-52,55-57,63,66-67,69,75H,9-50,53-54,58H2,1-8H3,(H,72,73,78,79)/t63-,66-,67-,69-/m1/s1. The highest BCUT2D eigenvalue weighted by Gasteiger charge is 2.53. The Morgan fingerprint density at radius 3 is 1.29 bits per heavy atom. The van der Waals surface area contributed by atoms with Gasteiger partial charge in [-0.2, -0.15) is 4.98 Å². The number of ketones is 1. The van der Waals surface area contributed by atoms with E-state index < -0.39 is 57.0 Å². The van der Waals surface area contributed by atoms with E-state index in [1.165, 1.54) is 255 Å². The molecule has 1 aliphatic rings. The van der Waals surface area contributed by atoms with E-state index in [-0.39, 0.29) is 29.5 Å². The number of unbranched alkanes of at least 4 members (excludes halogenated alkanes) is 38. The van der Waals surface area contributed by atoms with E-state index >= 15 is 0 Å². The first-order chi connectivity index (χ1) is 41.1. The third-order valence-corrected chi connectivity index (χ3v) is 22.1. The van der Waals surface area contributed by atoms with Crippen molar-refractivity contribution >= 4 is 31.8 Å². The fraction of sp³-hybridized carbons (Fsp3) is 0.817. The van der Waals surface area contributed by atoms with Gasteiger partial charge in [0.2, 0.25) is 0 Å². The number of hydrogen-bond donors (Lipinski definition) is 2. The van der Waals surface area contributed by atoms with Gasteiger partial charge < -0.3 is 38.6 Å². The van der Waals surface area contributed by atoms with Gasteiger partial charge in [-0.3, -0.25) is 14.2 Å². The minimum absolute atomic E-state index is 0.00887. The Balaban J connectivity index is 1.53. The maximum Gasteiger partial charge on any atom is 0.351 e. The summed E-state index contributed by atoms with van der Waals surface area (Å²) in [6, 6.07) is 6.78. The highest BCUT2D eigenvalue weighted by atomic mass is 28.4. The van der Waals surface area contributed by atoms with Crippen LogP contribution in [0.4, 0.5) is 5.82 Å². The molecule has 0 unspecified atom stereocenters. The van der Waals surface area contributed by atoms with Crippen LogP contribution in [0.5, 0.6) is 11.5 Å². The fourth-order valence-corrected chi connectivity index (χ4v) is 12.5. The van der Waals surface area contributed by atoms with Gasteiger partial charge in [0.05, 0.1) is 26.2 Å². The molecule has 1 saturated heterocycles. The molecule has 0 saturated carbocycles. The lowest BCUT2D eigenvalue weighted by molar-refractivity contribution is -0.156. The number of nitrogens with one attached hydrogen (secondary N) is 1. The molecule has 13 nitrogen and oxygen atoms in total. The zero-order chi connectivity index (χ0) is 61.8. The summed E-state index contributed by atoms with van der Waals surface area (Å²) in [4.78, 5) is 56.8. The first-order valence-corrected chi connectivity index (χ1v) is 37.9. The zero-order valence-electron chi connectivity index (χ0n) is 55.5. The predicted octanol–water partition coefficient (Wildman–Crippen LogP) is 19.5. The Labute approximate surface area is 518 Å². The molecule has 2 aromatic rings. The molecular weight excluding hydrogens is 1080 g/mol. The van der Waals surface area contributed by atoms with Crippen LogP contribution in [-0.2, 0) is 23.5 Å². The van der Waals surface area contributed by atoms with Gasteiger partial charge in [0.25, 0.3) is 5.91 Å². The Morgan fingerprint density at radius 2 is 0.953 bits per heavy atom. The molecule has 1 fully saturated rings. The molecule has 1 aromatic heterocycles. The van der Waals surface area contributed by atoms with Crippen molar-refractivity contribution in [2.45, 2.75) is 354 Å². The molecule has 1 amide bonds. The van der Waals surface area contributed by atoms with Crippen molar-refractivity contribution in [3.05, 3.63) is 46.5 Å². The van der Waals surface area contributed by atoms with Crippen molar-refractivity contribution in [2.75, 3.05) is 25.1 Å². The summed E-state index contributed by atoms with van der Waals surface area (Å²) in [6.07, 6.45) is 50.2. The second-order valence-corrected chi connectivity index (χ2v) is 31.3. The Morgan fingerprint density at radius 1 is 0.576 bits per heavy atom. The number of aromatic nitrogens is 2. The largest absolute Gasteiger partial charge is 0.493 e. The molecule has 85 heavy (non-hydrogen) atoms. The number of carbonyl (C=O) groups excluding carboxylic acids is 3. The summed E-state index contributed by atoms with van der Waals surface area (Å²) in [7, 11) is -2.60. The number of hydrogen-bond acceptors (Lipinski definition) is 11. The molecular formula is C71H125N3O10Si. The van der Waals surface area contributed by atoms with Crippen LogP contribution in [0, 0.1) is 0 Å². The number of nitrogens with zero attached hydrogens (tertiary/aromatic N) is 2. The molecule has 3 rings (SSSR count). The highest BCUT2D eigenvalue weighted by Crippen LogP contribution is 2.42. The molecule has 1 aliphatic heterocycles. The number of rotatable bonds is 54. The summed E-state index contributed by atoms with van der Waals surface area (Å²) < 4.78 is 32.7. The Hall–Kier alpha value is -3.59. The van der Waals surface area contributed by atoms with Crippen molar-refractivity contribution in [2.24, 2.45) is 0 Å². The van der Waals surface area contributed by atoms with E-state index in [1.54, 1.807) is 12.1 Å².